The summed E-state index contributed by atoms with van der Waals surface area (Å²) in [6, 6.07) is 6.29. The summed E-state index contributed by atoms with van der Waals surface area (Å²) in [7, 11) is 3.15. The van der Waals surface area contributed by atoms with Crippen molar-refractivity contribution >= 4 is 11.6 Å². The molecule has 1 saturated heterocycles. The van der Waals surface area contributed by atoms with E-state index in [1.165, 1.54) is 6.07 Å². The lowest BCUT2D eigenvalue weighted by Gasteiger charge is -2.15. The first kappa shape index (κ1) is 15.4. The number of methoxy groups -OCH3 is 2. The highest BCUT2D eigenvalue weighted by Gasteiger charge is 2.35. The second kappa shape index (κ2) is 6.64. The molecule has 1 fully saturated rings. The summed E-state index contributed by atoms with van der Waals surface area (Å²) in [6.45, 7) is 0.878. The molecular formula is C14H18N2O5. The van der Waals surface area contributed by atoms with Crippen molar-refractivity contribution in [3.63, 3.8) is 0 Å². The molecule has 2 unspecified atom stereocenters. The van der Waals surface area contributed by atoms with Crippen LogP contribution in [0.2, 0.25) is 0 Å². The third-order valence-electron chi connectivity index (χ3n) is 3.70. The number of rotatable bonds is 5. The van der Waals surface area contributed by atoms with Gasteiger partial charge in [0.2, 0.25) is 5.91 Å². The zero-order valence-corrected chi connectivity index (χ0v) is 12.0. The predicted molar refractivity (Wildman–Crippen MR) is 75.0 cm³/mol. The summed E-state index contributed by atoms with van der Waals surface area (Å²) in [5.74, 6) is -0.161. The lowest BCUT2D eigenvalue weighted by atomic mass is 10.1. The summed E-state index contributed by atoms with van der Waals surface area (Å²) in [5.41, 5.74) is 0.388. The van der Waals surface area contributed by atoms with Gasteiger partial charge < -0.3 is 14.4 Å². The van der Waals surface area contributed by atoms with Gasteiger partial charge in [0.05, 0.1) is 11.3 Å². The molecule has 1 amide bonds. The monoisotopic (exact) mass is 294 g/mol. The van der Waals surface area contributed by atoms with E-state index in [9.17, 15) is 14.9 Å². The summed E-state index contributed by atoms with van der Waals surface area (Å²) >= 11 is 0. The van der Waals surface area contributed by atoms with E-state index in [-0.39, 0.29) is 30.2 Å². The number of amides is 1. The molecule has 0 aromatic heterocycles. The van der Waals surface area contributed by atoms with Crippen molar-refractivity contribution < 1.29 is 19.2 Å². The van der Waals surface area contributed by atoms with Gasteiger partial charge in [0.1, 0.15) is 12.2 Å². The van der Waals surface area contributed by atoms with Crippen LogP contribution in [0.25, 0.3) is 0 Å². The second-order valence-electron chi connectivity index (χ2n) is 4.91. The first-order chi connectivity index (χ1) is 10.1. The van der Waals surface area contributed by atoms with Crippen LogP contribution in [0.3, 0.4) is 0 Å². The maximum absolute atomic E-state index is 12.3. The SMILES string of the molecule is COC1CN(C(=O)Cc2ccccc2[N+](=O)[O-])CC1OC. The molecule has 1 heterocycles. The van der Waals surface area contributed by atoms with Crippen LogP contribution < -0.4 is 0 Å². The van der Waals surface area contributed by atoms with Crippen molar-refractivity contribution in [3.05, 3.63) is 39.9 Å². The Hall–Kier alpha value is -1.99. The van der Waals surface area contributed by atoms with E-state index in [0.717, 1.165) is 0 Å². The van der Waals surface area contributed by atoms with Crippen LogP contribution in [0.15, 0.2) is 24.3 Å². The number of benzene rings is 1. The van der Waals surface area contributed by atoms with Crippen LogP contribution >= 0.6 is 0 Å². The van der Waals surface area contributed by atoms with Gasteiger partial charge in [0.25, 0.3) is 5.69 Å². The molecule has 7 heteroatoms. The minimum atomic E-state index is -0.470. The number of para-hydroxylation sites is 1. The molecule has 0 aliphatic carbocycles. The molecular weight excluding hydrogens is 276 g/mol. The van der Waals surface area contributed by atoms with Crippen LogP contribution in [0.5, 0.6) is 0 Å². The molecule has 7 nitrogen and oxygen atoms in total. The minimum Gasteiger partial charge on any atom is -0.377 e. The van der Waals surface area contributed by atoms with Crippen LogP contribution in [0.1, 0.15) is 5.56 Å². The first-order valence-electron chi connectivity index (χ1n) is 6.62. The Morgan fingerprint density at radius 2 is 1.86 bits per heavy atom. The maximum Gasteiger partial charge on any atom is 0.273 e. The number of nitro benzene ring substituents is 1. The predicted octanol–water partition coefficient (Wildman–Crippen LogP) is 1.01. The smallest absolute Gasteiger partial charge is 0.273 e. The Bertz CT molecular complexity index is 522. The summed E-state index contributed by atoms with van der Waals surface area (Å²) in [6.07, 6.45) is -0.321. The molecule has 2 atom stereocenters. The Balaban J connectivity index is 2.08. The van der Waals surface area contributed by atoms with E-state index in [1.54, 1.807) is 37.3 Å². The normalized spacial score (nSPS) is 21.5. The molecule has 0 bridgehead atoms. The van der Waals surface area contributed by atoms with E-state index in [2.05, 4.69) is 0 Å². The third kappa shape index (κ3) is 3.37. The van der Waals surface area contributed by atoms with Gasteiger partial charge in [-0.15, -0.1) is 0 Å². The number of carbonyl (C=O) groups excluding carboxylic acids is 1. The van der Waals surface area contributed by atoms with Crippen molar-refractivity contribution in [1.29, 1.82) is 0 Å². The fourth-order valence-electron chi connectivity index (χ4n) is 2.51. The topological polar surface area (TPSA) is 81.9 Å². The van der Waals surface area contributed by atoms with Gasteiger partial charge in [0.15, 0.2) is 0 Å². The van der Waals surface area contributed by atoms with Crippen LogP contribution in [-0.2, 0) is 20.7 Å². The Morgan fingerprint density at radius 1 is 1.29 bits per heavy atom. The number of likely N-dealkylation sites (tertiary alicyclic amines) is 1. The van der Waals surface area contributed by atoms with Crippen molar-refractivity contribution in [2.24, 2.45) is 0 Å². The van der Waals surface area contributed by atoms with E-state index >= 15 is 0 Å². The average molecular weight is 294 g/mol. The Kier molecular flexibility index (Phi) is 4.87. The minimum absolute atomic E-state index is 0.00399. The zero-order chi connectivity index (χ0) is 15.4. The Morgan fingerprint density at radius 3 is 2.38 bits per heavy atom. The van der Waals surface area contributed by atoms with E-state index in [4.69, 9.17) is 9.47 Å². The quantitative estimate of drug-likeness (QED) is 0.598. The maximum atomic E-state index is 12.3. The molecule has 114 valence electrons. The molecule has 1 aromatic carbocycles. The summed E-state index contributed by atoms with van der Waals surface area (Å²) in [5, 5.41) is 11.0. The van der Waals surface area contributed by atoms with E-state index in [0.29, 0.717) is 18.7 Å². The molecule has 0 spiro atoms. The number of hydrogen-bond donors (Lipinski definition) is 0. The van der Waals surface area contributed by atoms with Gasteiger partial charge in [-0.2, -0.15) is 0 Å². The van der Waals surface area contributed by atoms with Crippen molar-refractivity contribution in [3.8, 4) is 0 Å². The first-order valence-corrected chi connectivity index (χ1v) is 6.62. The largest absolute Gasteiger partial charge is 0.377 e. The van der Waals surface area contributed by atoms with Crippen molar-refractivity contribution in [1.82, 2.24) is 4.90 Å². The molecule has 1 aliphatic rings. The van der Waals surface area contributed by atoms with Crippen molar-refractivity contribution in [2.45, 2.75) is 18.6 Å². The van der Waals surface area contributed by atoms with Crippen LogP contribution in [0.4, 0.5) is 5.69 Å². The molecule has 1 aromatic rings. The highest BCUT2D eigenvalue weighted by atomic mass is 16.6. The van der Waals surface area contributed by atoms with E-state index < -0.39 is 4.92 Å². The lowest BCUT2D eigenvalue weighted by Crippen LogP contribution is -2.31. The molecule has 0 N–H and O–H groups in total. The fourth-order valence-corrected chi connectivity index (χ4v) is 2.51. The highest BCUT2D eigenvalue weighted by Crippen LogP contribution is 2.21. The van der Waals surface area contributed by atoms with Gasteiger partial charge in [0, 0.05) is 38.9 Å². The van der Waals surface area contributed by atoms with Gasteiger partial charge in [-0.3, -0.25) is 14.9 Å². The number of carbonyl (C=O) groups is 1. The molecule has 2 rings (SSSR count). The fraction of sp³-hybridized carbons (Fsp3) is 0.500. The summed E-state index contributed by atoms with van der Waals surface area (Å²) < 4.78 is 10.6. The number of ether oxygens (including phenoxy) is 2. The van der Waals surface area contributed by atoms with Gasteiger partial charge in [-0.05, 0) is 0 Å². The van der Waals surface area contributed by atoms with Gasteiger partial charge in [-0.1, -0.05) is 18.2 Å². The van der Waals surface area contributed by atoms with Crippen molar-refractivity contribution in [2.75, 3.05) is 27.3 Å². The Labute approximate surface area is 122 Å². The third-order valence-corrected chi connectivity index (χ3v) is 3.70. The average Bonchev–Trinajstić information content (AvgIpc) is 2.91. The lowest BCUT2D eigenvalue weighted by molar-refractivity contribution is -0.385. The summed E-state index contributed by atoms with van der Waals surface area (Å²) in [4.78, 5) is 24.4. The standard InChI is InChI=1S/C14H18N2O5/c1-20-12-8-15(9-13(12)21-2)14(17)7-10-5-3-4-6-11(10)16(18)19/h3-6,12-13H,7-9H2,1-2H3. The zero-order valence-electron chi connectivity index (χ0n) is 12.0. The molecule has 1 aliphatic heterocycles. The molecule has 21 heavy (non-hydrogen) atoms. The molecule has 0 radical (unpaired) electrons. The number of hydrogen-bond acceptors (Lipinski definition) is 5. The van der Waals surface area contributed by atoms with Gasteiger partial charge in [-0.25, -0.2) is 0 Å². The van der Waals surface area contributed by atoms with Crippen LogP contribution in [-0.4, -0.2) is 55.2 Å². The number of nitro groups is 1. The van der Waals surface area contributed by atoms with E-state index in [1.807, 2.05) is 0 Å². The second-order valence-corrected chi connectivity index (χ2v) is 4.91. The number of nitrogens with zero attached hydrogens (tertiary/aromatic N) is 2. The van der Waals surface area contributed by atoms with Gasteiger partial charge >= 0.3 is 0 Å². The highest BCUT2D eigenvalue weighted by molar-refractivity contribution is 5.80. The van der Waals surface area contributed by atoms with Crippen LogP contribution in [0, 0.1) is 10.1 Å². The molecule has 0 saturated carbocycles.